The first-order valence-corrected chi connectivity index (χ1v) is 10.4. The van der Waals surface area contributed by atoms with E-state index in [1.54, 1.807) is 18.7 Å². The average Bonchev–Trinajstić information content (AvgIpc) is 2.97. The molecule has 1 rings (SSSR count). The molecule has 1 amide bonds. The van der Waals surface area contributed by atoms with Gasteiger partial charge in [-0.1, -0.05) is 0 Å². The Morgan fingerprint density at radius 3 is 1.64 bits per heavy atom. The van der Waals surface area contributed by atoms with Gasteiger partial charge < -0.3 is 19.1 Å². The Morgan fingerprint density at radius 2 is 1.29 bits per heavy atom. The number of amides is 1. The van der Waals surface area contributed by atoms with Gasteiger partial charge in [0.05, 0.1) is 13.2 Å². The topological polar surface area (TPSA) is 82.1 Å². The van der Waals surface area contributed by atoms with E-state index in [0.717, 1.165) is 25.7 Å². The Kier molecular flexibility index (Phi) is 10.3. The molecular weight excluding hydrogens is 362 g/mol. The van der Waals surface area contributed by atoms with Crippen molar-refractivity contribution < 1.29 is 28.6 Å². The van der Waals surface area contributed by atoms with E-state index in [-0.39, 0.29) is 18.0 Å². The Balaban J connectivity index is 2.59. The second kappa shape index (κ2) is 11.9. The van der Waals surface area contributed by atoms with Gasteiger partial charge in [-0.05, 0) is 72.1 Å². The fraction of sp³-hybridized carbons (Fsp3) is 0.857. The van der Waals surface area contributed by atoms with E-state index in [1.165, 1.54) is 0 Å². The summed E-state index contributed by atoms with van der Waals surface area (Å²) < 4.78 is 15.5. The van der Waals surface area contributed by atoms with E-state index in [1.807, 2.05) is 20.8 Å². The van der Waals surface area contributed by atoms with Crippen LogP contribution in [0, 0.1) is 11.8 Å². The normalized spacial score (nSPS) is 19.4. The molecule has 0 saturated carbocycles. The molecule has 2 atom stereocenters. The zero-order chi connectivity index (χ0) is 21.2. The Hall–Kier alpha value is -1.79. The smallest absolute Gasteiger partial charge is 0.410 e. The van der Waals surface area contributed by atoms with Gasteiger partial charge in [-0.2, -0.15) is 0 Å². The van der Waals surface area contributed by atoms with E-state index in [9.17, 15) is 14.4 Å². The molecule has 0 radical (unpaired) electrons. The molecule has 1 heterocycles. The van der Waals surface area contributed by atoms with Crippen LogP contribution in [-0.4, -0.2) is 54.8 Å². The van der Waals surface area contributed by atoms with Gasteiger partial charge in [-0.25, -0.2) is 4.79 Å². The summed E-state index contributed by atoms with van der Waals surface area (Å²) in [5, 5.41) is 0. The fourth-order valence-corrected chi connectivity index (χ4v) is 3.55. The fourth-order valence-electron chi connectivity index (χ4n) is 3.55. The van der Waals surface area contributed by atoms with Crippen molar-refractivity contribution in [3.05, 3.63) is 0 Å². The summed E-state index contributed by atoms with van der Waals surface area (Å²) in [5.74, 6) is 0.236. The van der Waals surface area contributed by atoms with Crippen LogP contribution in [0.15, 0.2) is 0 Å². The van der Waals surface area contributed by atoms with Crippen molar-refractivity contribution in [2.45, 2.75) is 78.7 Å². The highest BCUT2D eigenvalue weighted by molar-refractivity contribution is 5.70. The summed E-state index contributed by atoms with van der Waals surface area (Å²) in [6.45, 7) is 11.2. The molecule has 1 aliphatic rings. The molecule has 0 N–H and O–H groups in total. The molecule has 0 aliphatic carbocycles. The maximum Gasteiger partial charge on any atom is 0.410 e. The van der Waals surface area contributed by atoms with Gasteiger partial charge in [0.2, 0.25) is 0 Å². The first kappa shape index (κ1) is 24.2. The number of esters is 2. The van der Waals surface area contributed by atoms with Crippen molar-refractivity contribution in [2.24, 2.45) is 11.8 Å². The molecule has 2 unspecified atom stereocenters. The first-order valence-electron chi connectivity index (χ1n) is 10.4. The highest BCUT2D eigenvalue weighted by Gasteiger charge is 2.36. The lowest BCUT2D eigenvalue weighted by molar-refractivity contribution is -0.144. The van der Waals surface area contributed by atoms with E-state index in [0.29, 0.717) is 51.0 Å². The van der Waals surface area contributed by atoms with Crippen LogP contribution in [0.3, 0.4) is 0 Å². The van der Waals surface area contributed by atoms with Gasteiger partial charge in [0.1, 0.15) is 5.60 Å². The summed E-state index contributed by atoms with van der Waals surface area (Å²) in [6, 6.07) is 0. The lowest BCUT2D eigenvalue weighted by Gasteiger charge is -2.24. The predicted octanol–water partition coefficient (Wildman–Crippen LogP) is 3.94. The average molecular weight is 400 g/mol. The van der Waals surface area contributed by atoms with Crippen LogP contribution in [0.25, 0.3) is 0 Å². The third-order valence-corrected chi connectivity index (χ3v) is 4.75. The molecule has 7 heteroatoms. The molecule has 0 bridgehead atoms. The van der Waals surface area contributed by atoms with Crippen LogP contribution in [0.2, 0.25) is 0 Å². The van der Waals surface area contributed by atoms with Crippen molar-refractivity contribution in [3.8, 4) is 0 Å². The van der Waals surface area contributed by atoms with Gasteiger partial charge in [0, 0.05) is 25.9 Å². The minimum Gasteiger partial charge on any atom is -0.466 e. The largest absolute Gasteiger partial charge is 0.466 e. The highest BCUT2D eigenvalue weighted by atomic mass is 16.6. The molecule has 1 aliphatic heterocycles. The zero-order valence-electron chi connectivity index (χ0n) is 18.1. The van der Waals surface area contributed by atoms with Gasteiger partial charge in [0.25, 0.3) is 0 Å². The second-order valence-electron chi connectivity index (χ2n) is 8.30. The maximum absolute atomic E-state index is 12.4. The summed E-state index contributed by atoms with van der Waals surface area (Å²) in [4.78, 5) is 37.4. The number of carbonyl (C=O) groups excluding carboxylic acids is 3. The molecule has 0 aromatic carbocycles. The Morgan fingerprint density at radius 1 is 0.857 bits per heavy atom. The standard InChI is InChI=1S/C21H37NO6/c1-6-26-18(23)12-8-10-16-14-22(20(25)28-21(3,4)5)15-17(16)11-9-13-19(24)27-7-2/h16-17H,6-15H2,1-5H3. The van der Waals surface area contributed by atoms with Crippen molar-refractivity contribution in [1.82, 2.24) is 4.90 Å². The van der Waals surface area contributed by atoms with Crippen LogP contribution in [0.5, 0.6) is 0 Å². The minimum atomic E-state index is -0.529. The maximum atomic E-state index is 12.4. The van der Waals surface area contributed by atoms with E-state index in [2.05, 4.69) is 0 Å². The lowest BCUT2D eigenvalue weighted by atomic mass is 9.87. The summed E-state index contributed by atoms with van der Waals surface area (Å²) >= 11 is 0. The summed E-state index contributed by atoms with van der Waals surface area (Å²) in [5.41, 5.74) is -0.529. The molecular formula is C21H37NO6. The molecule has 7 nitrogen and oxygen atoms in total. The summed E-state index contributed by atoms with van der Waals surface area (Å²) in [6.07, 6.45) is 3.67. The molecule has 1 saturated heterocycles. The minimum absolute atomic E-state index is 0.177. The number of likely N-dealkylation sites (tertiary alicyclic amines) is 1. The number of hydrogen-bond donors (Lipinski definition) is 0. The first-order chi connectivity index (χ1) is 13.2. The SMILES string of the molecule is CCOC(=O)CCCC1CN(C(=O)OC(C)(C)C)CC1CCCC(=O)OCC. The Labute approximate surface area is 169 Å². The highest BCUT2D eigenvalue weighted by Crippen LogP contribution is 2.32. The molecule has 0 spiro atoms. The quantitative estimate of drug-likeness (QED) is 0.409. The van der Waals surface area contributed by atoms with Crippen molar-refractivity contribution in [3.63, 3.8) is 0 Å². The number of ether oxygens (including phenoxy) is 3. The predicted molar refractivity (Wildman–Crippen MR) is 106 cm³/mol. The van der Waals surface area contributed by atoms with Crippen molar-refractivity contribution in [2.75, 3.05) is 26.3 Å². The van der Waals surface area contributed by atoms with Gasteiger partial charge in [-0.15, -0.1) is 0 Å². The third kappa shape index (κ3) is 9.42. The zero-order valence-corrected chi connectivity index (χ0v) is 18.1. The van der Waals surface area contributed by atoms with E-state index in [4.69, 9.17) is 14.2 Å². The van der Waals surface area contributed by atoms with Crippen LogP contribution >= 0.6 is 0 Å². The van der Waals surface area contributed by atoms with Crippen LogP contribution < -0.4 is 0 Å². The van der Waals surface area contributed by atoms with Crippen LogP contribution in [0.1, 0.15) is 73.1 Å². The van der Waals surface area contributed by atoms with Crippen molar-refractivity contribution >= 4 is 18.0 Å². The third-order valence-electron chi connectivity index (χ3n) is 4.75. The molecule has 162 valence electrons. The molecule has 1 fully saturated rings. The van der Waals surface area contributed by atoms with E-state index < -0.39 is 5.60 Å². The number of rotatable bonds is 10. The summed E-state index contributed by atoms with van der Waals surface area (Å²) in [7, 11) is 0. The number of hydrogen-bond acceptors (Lipinski definition) is 6. The van der Waals surface area contributed by atoms with Gasteiger partial charge in [-0.3, -0.25) is 9.59 Å². The van der Waals surface area contributed by atoms with Crippen LogP contribution in [0.4, 0.5) is 4.79 Å². The molecule has 0 aromatic heterocycles. The molecule has 28 heavy (non-hydrogen) atoms. The van der Waals surface area contributed by atoms with Gasteiger partial charge in [0.15, 0.2) is 0 Å². The Bertz CT molecular complexity index is 482. The molecule has 0 aromatic rings. The van der Waals surface area contributed by atoms with Gasteiger partial charge >= 0.3 is 18.0 Å². The van der Waals surface area contributed by atoms with Crippen LogP contribution in [-0.2, 0) is 23.8 Å². The van der Waals surface area contributed by atoms with Crippen molar-refractivity contribution in [1.29, 1.82) is 0 Å². The monoisotopic (exact) mass is 399 g/mol. The van der Waals surface area contributed by atoms with E-state index >= 15 is 0 Å². The second-order valence-corrected chi connectivity index (χ2v) is 8.30. The lowest BCUT2D eigenvalue weighted by Crippen LogP contribution is -2.35. The number of nitrogens with zero attached hydrogens (tertiary/aromatic N) is 1. The number of carbonyl (C=O) groups is 3.